The van der Waals surface area contributed by atoms with Crippen LogP contribution in [0.15, 0.2) is 35.5 Å². The summed E-state index contributed by atoms with van der Waals surface area (Å²) in [4.78, 5) is 20.6. The van der Waals surface area contributed by atoms with Crippen molar-refractivity contribution in [3.05, 3.63) is 41.9 Å². The van der Waals surface area contributed by atoms with Crippen molar-refractivity contribution in [1.82, 2.24) is 24.5 Å². The van der Waals surface area contributed by atoms with Crippen LogP contribution >= 0.6 is 0 Å². The highest BCUT2D eigenvalue weighted by atomic mass is 32.2. The van der Waals surface area contributed by atoms with E-state index < -0.39 is 15.9 Å². The van der Waals surface area contributed by atoms with Crippen molar-refractivity contribution in [3.63, 3.8) is 0 Å². The maximum atomic E-state index is 12.6. The zero-order valence-electron chi connectivity index (χ0n) is 14.4. The molecule has 26 heavy (non-hydrogen) atoms. The molecule has 0 bridgehead atoms. The minimum absolute atomic E-state index is 0.0627. The van der Waals surface area contributed by atoms with Gasteiger partial charge in [0, 0.05) is 13.2 Å². The number of hydrogen-bond donors (Lipinski definition) is 1. The zero-order valence-corrected chi connectivity index (χ0v) is 15.2. The van der Waals surface area contributed by atoms with Crippen molar-refractivity contribution in [2.75, 3.05) is 6.61 Å². The van der Waals surface area contributed by atoms with Gasteiger partial charge in [0.25, 0.3) is 15.9 Å². The smallest absolute Gasteiger partial charge is 0.269 e. The quantitative estimate of drug-likeness (QED) is 0.712. The van der Waals surface area contributed by atoms with Gasteiger partial charge in [-0.2, -0.15) is 5.10 Å². The summed E-state index contributed by atoms with van der Waals surface area (Å²) in [7, 11) is -2.45. The first-order valence-electron chi connectivity index (χ1n) is 7.78. The van der Waals surface area contributed by atoms with E-state index in [1.165, 1.54) is 18.3 Å². The molecule has 0 spiro atoms. The Labute approximate surface area is 150 Å². The number of rotatable bonds is 5. The number of carbonyl (C=O) groups excluding carboxylic acids is 1. The van der Waals surface area contributed by atoms with Crippen LogP contribution in [0.3, 0.4) is 0 Å². The van der Waals surface area contributed by atoms with Crippen LogP contribution in [0, 0.1) is 6.92 Å². The second-order valence-electron chi connectivity index (χ2n) is 5.47. The molecule has 0 fully saturated rings. The van der Waals surface area contributed by atoms with Crippen molar-refractivity contribution in [2.24, 2.45) is 7.05 Å². The van der Waals surface area contributed by atoms with Crippen LogP contribution in [0.25, 0.3) is 11.0 Å². The third-order valence-corrected chi connectivity index (χ3v) is 5.05. The monoisotopic (exact) mass is 375 g/mol. The Bertz CT molecular complexity index is 1090. The van der Waals surface area contributed by atoms with Crippen molar-refractivity contribution < 1.29 is 17.9 Å². The van der Waals surface area contributed by atoms with Crippen molar-refractivity contribution in [3.8, 4) is 5.88 Å². The van der Waals surface area contributed by atoms with E-state index >= 15 is 0 Å². The van der Waals surface area contributed by atoms with Crippen LogP contribution in [0.1, 0.15) is 23.0 Å². The molecule has 3 heterocycles. The number of sulfonamides is 1. The van der Waals surface area contributed by atoms with E-state index in [4.69, 9.17) is 4.74 Å². The Hall–Kier alpha value is -3.01. The zero-order chi connectivity index (χ0) is 18.9. The lowest BCUT2D eigenvalue weighted by molar-refractivity contribution is 0.0980. The summed E-state index contributed by atoms with van der Waals surface area (Å²) in [5, 5.41) is 4.07. The molecule has 0 aliphatic heterocycles. The van der Waals surface area contributed by atoms with E-state index in [2.05, 4.69) is 15.1 Å². The Morgan fingerprint density at radius 3 is 2.88 bits per heavy atom. The van der Waals surface area contributed by atoms with Crippen LogP contribution in [-0.4, -0.2) is 40.7 Å². The van der Waals surface area contributed by atoms with Gasteiger partial charge in [-0.05, 0) is 32.0 Å². The molecule has 9 nitrogen and oxygen atoms in total. The van der Waals surface area contributed by atoms with Crippen LogP contribution in [0.5, 0.6) is 5.88 Å². The molecule has 0 unspecified atom stereocenters. The van der Waals surface area contributed by atoms with Crippen LogP contribution in [0.2, 0.25) is 0 Å². The lowest BCUT2D eigenvalue weighted by atomic mass is 10.2. The van der Waals surface area contributed by atoms with Crippen LogP contribution in [0.4, 0.5) is 0 Å². The van der Waals surface area contributed by atoms with Gasteiger partial charge in [-0.15, -0.1) is 0 Å². The van der Waals surface area contributed by atoms with Gasteiger partial charge < -0.3 is 4.74 Å². The SMILES string of the molecule is CCOc1ncccc1S(=O)(=O)NC(=O)c1cc2c(cnn2C)nc1C. The van der Waals surface area contributed by atoms with Crippen LogP contribution in [-0.2, 0) is 17.1 Å². The highest BCUT2D eigenvalue weighted by Gasteiger charge is 2.25. The molecule has 0 aliphatic rings. The largest absolute Gasteiger partial charge is 0.477 e. The Morgan fingerprint density at radius 1 is 1.38 bits per heavy atom. The normalized spacial score (nSPS) is 11.5. The Balaban J connectivity index is 1.97. The molecule has 0 aromatic carbocycles. The summed E-state index contributed by atoms with van der Waals surface area (Å²) in [5.41, 5.74) is 1.78. The molecule has 0 saturated carbocycles. The number of fused-ring (bicyclic) bond motifs is 1. The lowest BCUT2D eigenvalue weighted by Crippen LogP contribution is -2.31. The average molecular weight is 375 g/mol. The second-order valence-corrected chi connectivity index (χ2v) is 7.12. The number of ether oxygens (including phenoxy) is 1. The lowest BCUT2D eigenvalue weighted by Gasteiger charge is -2.11. The number of aromatic nitrogens is 4. The minimum Gasteiger partial charge on any atom is -0.477 e. The number of hydrogen-bond acceptors (Lipinski definition) is 7. The molecule has 1 amide bonds. The molecule has 3 aromatic heterocycles. The third kappa shape index (κ3) is 3.23. The van der Waals surface area contributed by atoms with Crippen molar-refractivity contribution in [2.45, 2.75) is 18.7 Å². The van der Waals surface area contributed by atoms with Gasteiger partial charge in [-0.25, -0.2) is 23.1 Å². The molecular formula is C16H17N5O4S. The highest BCUT2D eigenvalue weighted by Crippen LogP contribution is 2.21. The number of pyridine rings is 2. The van der Waals surface area contributed by atoms with Gasteiger partial charge in [-0.3, -0.25) is 9.48 Å². The van der Waals surface area contributed by atoms with Gasteiger partial charge in [0.15, 0.2) is 0 Å². The van der Waals surface area contributed by atoms with E-state index in [1.807, 2.05) is 4.72 Å². The van der Waals surface area contributed by atoms with E-state index in [0.717, 1.165) is 0 Å². The number of carbonyl (C=O) groups is 1. The average Bonchev–Trinajstić information content (AvgIpc) is 2.94. The Kier molecular flexibility index (Phi) is 4.60. The highest BCUT2D eigenvalue weighted by molar-refractivity contribution is 7.90. The fraction of sp³-hybridized carbons (Fsp3) is 0.250. The molecule has 3 rings (SSSR count). The molecule has 0 saturated heterocycles. The molecule has 0 aliphatic carbocycles. The first-order chi connectivity index (χ1) is 12.3. The van der Waals surface area contributed by atoms with E-state index in [0.29, 0.717) is 16.7 Å². The molecule has 0 atom stereocenters. The van der Waals surface area contributed by atoms with Gasteiger partial charge >= 0.3 is 0 Å². The van der Waals surface area contributed by atoms with E-state index in [-0.39, 0.29) is 22.9 Å². The fourth-order valence-corrected chi connectivity index (χ4v) is 3.52. The van der Waals surface area contributed by atoms with Crippen molar-refractivity contribution >= 4 is 27.0 Å². The summed E-state index contributed by atoms with van der Waals surface area (Å²) >= 11 is 0. The van der Waals surface area contributed by atoms with Crippen LogP contribution < -0.4 is 9.46 Å². The summed E-state index contributed by atoms with van der Waals surface area (Å²) in [6.07, 6.45) is 2.99. The molecule has 136 valence electrons. The summed E-state index contributed by atoms with van der Waals surface area (Å²) in [6.45, 7) is 3.58. The van der Waals surface area contributed by atoms with Gasteiger partial charge in [0.05, 0.1) is 29.6 Å². The number of nitrogens with zero attached hydrogens (tertiary/aromatic N) is 4. The fourth-order valence-electron chi connectivity index (χ4n) is 2.46. The predicted octanol–water partition coefficient (Wildman–Crippen LogP) is 1.19. The van der Waals surface area contributed by atoms with E-state index in [1.54, 1.807) is 37.8 Å². The predicted molar refractivity (Wildman–Crippen MR) is 93.3 cm³/mol. The first-order valence-corrected chi connectivity index (χ1v) is 9.26. The summed E-state index contributed by atoms with van der Waals surface area (Å²) < 4.78 is 34.1. The van der Waals surface area contributed by atoms with E-state index in [9.17, 15) is 13.2 Å². The number of amides is 1. The summed E-state index contributed by atoms with van der Waals surface area (Å²) in [6, 6.07) is 4.33. The number of nitrogens with one attached hydrogen (secondary N) is 1. The summed E-state index contributed by atoms with van der Waals surface area (Å²) in [5.74, 6) is -0.850. The maximum absolute atomic E-state index is 12.6. The molecule has 3 aromatic rings. The molecule has 10 heteroatoms. The second kappa shape index (κ2) is 6.71. The molecule has 0 radical (unpaired) electrons. The Morgan fingerprint density at radius 2 is 2.15 bits per heavy atom. The first kappa shape index (κ1) is 17.8. The molecular weight excluding hydrogens is 358 g/mol. The third-order valence-electron chi connectivity index (χ3n) is 3.70. The van der Waals surface area contributed by atoms with Gasteiger partial charge in [0.2, 0.25) is 5.88 Å². The van der Waals surface area contributed by atoms with Gasteiger partial charge in [-0.1, -0.05) is 0 Å². The number of aryl methyl sites for hydroxylation is 2. The topological polar surface area (TPSA) is 116 Å². The van der Waals surface area contributed by atoms with Crippen molar-refractivity contribution in [1.29, 1.82) is 0 Å². The molecule has 1 N–H and O–H groups in total. The standard InChI is InChI=1S/C16H17N5O4S/c1-4-25-16-14(6-5-7-17-16)26(23,24)20-15(22)11-8-13-12(19-10(11)2)9-18-21(13)3/h5-9H,4H2,1-3H3,(H,20,22). The minimum atomic E-state index is -4.16. The maximum Gasteiger partial charge on any atom is 0.269 e. The van der Waals surface area contributed by atoms with Gasteiger partial charge in [0.1, 0.15) is 10.4 Å².